The summed E-state index contributed by atoms with van der Waals surface area (Å²) in [5, 5.41) is 0. The Balaban J connectivity index is 0.000000513. The molecule has 4 aliphatic carbocycles. The van der Waals surface area contributed by atoms with Gasteiger partial charge in [0, 0.05) is 18.3 Å². The monoisotopic (exact) mass is 434 g/mol. The summed E-state index contributed by atoms with van der Waals surface area (Å²) in [4.78, 5) is 32.7. The molecule has 0 aromatic rings. The molecule has 176 valence electrons. The lowest BCUT2D eigenvalue weighted by molar-refractivity contribution is -0.159. The van der Waals surface area contributed by atoms with Crippen molar-refractivity contribution >= 4 is 18.2 Å². The zero-order valence-corrected chi connectivity index (χ0v) is 20.4. The van der Waals surface area contributed by atoms with Crippen LogP contribution in [0.3, 0.4) is 0 Å². The number of ketones is 1. The van der Waals surface area contributed by atoms with Crippen LogP contribution in [0, 0.1) is 28.6 Å². The number of methoxy groups -OCH3 is 1. The molecule has 0 N–H and O–H groups in total. The van der Waals surface area contributed by atoms with Crippen molar-refractivity contribution in [2.75, 3.05) is 7.11 Å². The molecule has 6 atom stereocenters. The summed E-state index contributed by atoms with van der Waals surface area (Å²) >= 11 is 0. The SMILES string of the molecule is CC.CCC(=O)OC1CC[C@H]2[C@@H]3CCC4=CC(=O)CC[C@]4(C)C3CC[C@]12C.COC=O. The molecule has 0 aromatic carbocycles. The van der Waals surface area contributed by atoms with Crippen LogP contribution in [0.2, 0.25) is 0 Å². The largest absolute Gasteiger partial charge is 0.471 e. The van der Waals surface area contributed by atoms with Gasteiger partial charge in [0.15, 0.2) is 5.78 Å². The second-order valence-electron chi connectivity index (χ2n) is 9.75. The van der Waals surface area contributed by atoms with E-state index < -0.39 is 0 Å². The van der Waals surface area contributed by atoms with E-state index in [2.05, 4.69) is 18.6 Å². The standard InChI is InChI=1S/C22H32O3.C2H4O2.C2H6/c1-4-20(24)25-19-8-7-17-16-6-5-14-13-15(23)9-11-21(14,2)18(16)10-12-22(17,19)3;1-4-2-3;1-2/h13,16-19H,4-12H2,1-3H3;2H,1H3;1-2H3/t16-,17-,18?,19?,21-,22-;;/m0../s1. The zero-order chi connectivity index (χ0) is 23.2. The Morgan fingerprint density at radius 2 is 1.77 bits per heavy atom. The molecule has 4 rings (SSSR count). The molecule has 0 radical (unpaired) electrons. The number of esters is 1. The van der Waals surface area contributed by atoms with Crippen LogP contribution in [0.25, 0.3) is 0 Å². The van der Waals surface area contributed by atoms with E-state index in [1.807, 2.05) is 26.8 Å². The molecule has 3 saturated carbocycles. The summed E-state index contributed by atoms with van der Waals surface area (Å²) in [7, 11) is 1.31. The van der Waals surface area contributed by atoms with Crippen molar-refractivity contribution in [3.63, 3.8) is 0 Å². The first kappa shape index (κ1) is 25.6. The number of allylic oxidation sites excluding steroid dienone is 1. The van der Waals surface area contributed by atoms with Crippen LogP contribution in [0.5, 0.6) is 0 Å². The molecule has 5 heteroatoms. The molecule has 3 fully saturated rings. The first-order valence-corrected chi connectivity index (χ1v) is 12.2. The first-order chi connectivity index (χ1) is 14.8. The number of fused-ring (bicyclic) bond motifs is 5. The van der Waals surface area contributed by atoms with E-state index in [-0.39, 0.29) is 22.9 Å². The van der Waals surface area contributed by atoms with Gasteiger partial charge in [-0.3, -0.25) is 14.4 Å². The molecular weight excluding hydrogens is 392 g/mol. The number of carbonyl (C=O) groups is 3. The summed E-state index contributed by atoms with van der Waals surface area (Å²) in [6, 6.07) is 0. The van der Waals surface area contributed by atoms with Gasteiger partial charge in [0.05, 0.1) is 7.11 Å². The number of carbonyl (C=O) groups excluding carboxylic acids is 3. The molecule has 0 aromatic heterocycles. The normalized spacial score (nSPS) is 37.9. The van der Waals surface area contributed by atoms with Crippen LogP contribution in [-0.2, 0) is 23.9 Å². The van der Waals surface area contributed by atoms with Gasteiger partial charge in [-0.25, -0.2) is 0 Å². The minimum Gasteiger partial charge on any atom is -0.471 e. The Kier molecular flexibility index (Phi) is 8.91. The van der Waals surface area contributed by atoms with Crippen molar-refractivity contribution in [1.29, 1.82) is 0 Å². The third-order valence-electron chi connectivity index (χ3n) is 8.53. The van der Waals surface area contributed by atoms with Crippen LogP contribution < -0.4 is 0 Å². The topological polar surface area (TPSA) is 69.7 Å². The van der Waals surface area contributed by atoms with Crippen molar-refractivity contribution in [2.24, 2.45) is 28.6 Å². The van der Waals surface area contributed by atoms with E-state index in [1.54, 1.807) is 0 Å². The Labute approximate surface area is 188 Å². The van der Waals surface area contributed by atoms with E-state index >= 15 is 0 Å². The van der Waals surface area contributed by atoms with Crippen LogP contribution >= 0.6 is 0 Å². The maximum Gasteiger partial charge on any atom is 0.305 e. The molecule has 2 unspecified atom stereocenters. The summed E-state index contributed by atoms with van der Waals surface area (Å²) in [5.41, 5.74) is 1.82. The summed E-state index contributed by atoms with van der Waals surface area (Å²) in [6.45, 7) is 11.1. The van der Waals surface area contributed by atoms with Crippen LogP contribution in [0.4, 0.5) is 0 Å². The maximum atomic E-state index is 11.9. The van der Waals surface area contributed by atoms with Crippen molar-refractivity contribution in [3.8, 4) is 0 Å². The second kappa shape index (κ2) is 10.8. The molecule has 0 spiro atoms. The number of hydrogen-bond acceptors (Lipinski definition) is 5. The Morgan fingerprint density at radius 1 is 1.10 bits per heavy atom. The number of rotatable bonds is 3. The lowest BCUT2D eigenvalue weighted by atomic mass is 9.47. The smallest absolute Gasteiger partial charge is 0.305 e. The fraction of sp³-hybridized carbons (Fsp3) is 0.808. The first-order valence-electron chi connectivity index (χ1n) is 12.2. The number of hydrogen-bond donors (Lipinski definition) is 0. The highest BCUT2D eigenvalue weighted by Gasteiger charge is 2.59. The molecule has 0 bridgehead atoms. The van der Waals surface area contributed by atoms with E-state index in [0.29, 0.717) is 30.5 Å². The molecule has 4 aliphatic rings. The second-order valence-corrected chi connectivity index (χ2v) is 9.75. The van der Waals surface area contributed by atoms with Gasteiger partial charge in [0.1, 0.15) is 6.10 Å². The van der Waals surface area contributed by atoms with Gasteiger partial charge in [-0.1, -0.05) is 40.2 Å². The molecular formula is C26H42O5. The predicted molar refractivity (Wildman–Crippen MR) is 121 cm³/mol. The third-order valence-corrected chi connectivity index (χ3v) is 8.53. The summed E-state index contributed by atoms with van der Waals surface area (Å²) in [6.07, 6.45) is 11.3. The van der Waals surface area contributed by atoms with Crippen LogP contribution in [-0.4, -0.2) is 31.4 Å². The van der Waals surface area contributed by atoms with Gasteiger partial charge >= 0.3 is 5.97 Å². The molecule has 5 nitrogen and oxygen atoms in total. The van der Waals surface area contributed by atoms with Crippen LogP contribution in [0.15, 0.2) is 11.6 Å². The number of ether oxygens (including phenoxy) is 2. The van der Waals surface area contributed by atoms with Gasteiger partial charge in [-0.15, -0.1) is 0 Å². The van der Waals surface area contributed by atoms with Gasteiger partial charge in [-0.05, 0) is 74.2 Å². The predicted octanol–water partition coefficient (Wildman–Crippen LogP) is 5.66. The average Bonchev–Trinajstić information content (AvgIpc) is 3.11. The van der Waals surface area contributed by atoms with Gasteiger partial charge in [0.2, 0.25) is 0 Å². The summed E-state index contributed by atoms with van der Waals surface area (Å²) < 4.78 is 9.72. The van der Waals surface area contributed by atoms with E-state index in [4.69, 9.17) is 9.53 Å². The zero-order valence-electron chi connectivity index (χ0n) is 20.4. The Bertz CT molecular complexity index is 683. The van der Waals surface area contributed by atoms with Crippen molar-refractivity contribution < 1.29 is 23.9 Å². The Hall–Kier alpha value is -1.65. The lowest BCUT2D eigenvalue weighted by Crippen LogP contribution is -2.51. The quantitative estimate of drug-likeness (QED) is 0.424. The average molecular weight is 435 g/mol. The summed E-state index contributed by atoms with van der Waals surface area (Å²) in [5.74, 6) is 2.41. The fourth-order valence-corrected chi connectivity index (χ4v) is 6.95. The molecule has 31 heavy (non-hydrogen) atoms. The van der Waals surface area contributed by atoms with Gasteiger partial charge < -0.3 is 9.47 Å². The minimum absolute atomic E-state index is 0.0411. The minimum atomic E-state index is -0.0411. The van der Waals surface area contributed by atoms with Crippen LogP contribution in [0.1, 0.15) is 92.4 Å². The van der Waals surface area contributed by atoms with Gasteiger partial charge in [-0.2, -0.15) is 0 Å². The van der Waals surface area contributed by atoms with E-state index in [1.165, 1.54) is 31.9 Å². The highest BCUT2D eigenvalue weighted by Crippen LogP contribution is 2.65. The highest BCUT2D eigenvalue weighted by atomic mass is 16.5. The fourth-order valence-electron chi connectivity index (χ4n) is 6.95. The van der Waals surface area contributed by atoms with Gasteiger partial charge in [0.25, 0.3) is 6.47 Å². The Morgan fingerprint density at radius 3 is 2.39 bits per heavy atom. The lowest BCUT2D eigenvalue weighted by Gasteiger charge is -2.57. The van der Waals surface area contributed by atoms with Crippen molar-refractivity contribution in [1.82, 2.24) is 0 Å². The molecule has 0 aliphatic heterocycles. The van der Waals surface area contributed by atoms with E-state index in [9.17, 15) is 9.59 Å². The van der Waals surface area contributed by atoms with Crippen molar-refractivity contribution in [2.45, 2.75) is 98.5 Å². The van der Waals surface area contributed by atoms with E-state index in [0.717, 1.165) is 38.0 Å². The van der Waals surface area contributed by atoms with Crippen molar-refractivity contribution in [3.05, 3.63) is 11.6 Å². The molecule has 0 saturated heterocycles. The highest BCUT2D eigenvalue weighted by molar-refractivity contribution is 5.91. The molecule has 0 amide bonds. The molecule has 0 heterocycles. The maximum absolute atomic E-state index is 11.9. The third kappa shape index (κ3) is 4.90.